The Labute approximate surface area is 150 Å². The average molecular weight is 353 g/mol. The van der Waals surface area contributed by atoms with Crippen molar-refractivity contribution in [3.05, 3.63) is 71.4 Å². The minimum absolute atomic E-state index is 0.176. The number of esters is 1. The summed E-state index contributed by atoms with van der Waals surface area (Å²) in [5, 5.41) is 4.19. The Hall–Kier alpha value is -3.35. The minimum Gasteiger partial charge on any atom is -0.465 e. The Morgan fingerprint density at radius 3 is 2.69 bits per heavy atom. The molecule has 0 saturated carbocycles. The smallest absolute Gasteiger partial charge is 0.341 e. The van der Waals surface area contributed by atoms with Crippen LogP contribution in [0, 0.1) is 6.92 Å². The van der Waals surface area contributed by atoms with Crippen molar-refractivity contribution in [3.8, 4) is 5.69 Å². The van der Waals surface area contributed by atoms with Crippen molar-refractivity contribution in [2.75, 3.05) is 14.2 Å². The molecule has 2 heterocycles. The molecule has 2 aromatic heterocycles. The minimum atomic E-state index is -0.462. The van der Waals surface area contributed by atoms with Crippen LogP contribution in [0.4, 0.5) is 0 Å². The van der Waals surface area contributed by atoms with Crippen LogP contribution in [0.15, 0.2) is 53.2 Å². The molecule has 134 valence electrons. The molecule has 7 heteroatoms. The van der Waals surface area contributed by atoms with Crippen LogP contribution in [0.25, 0.3) is 5.69 Å². The Morgan fingerprint density at radius 2 is 2.00 bits per heavy atom. The molecule has 7 nitrogen and oxygen atoms in total. The SMILES string of the molecule is COC(=O)c1cc(CN(C)C(=O)c2ccccc2-n2cccn2)oc1C. The molecule has 3 rings (SSSR count). The molecule has 26 heavy (non-hydrogen) atoms. The second-order valence-electron chi connectivity index (χ2n) is 5.80. The monoisotopic (exact) mass is 353 g/mol. The van der Waals surface area contributed by atoms with Crippen LogP contribution in [-0.4, -0.2) is 40.7 Å². The van der Waals surface area contributed by atoms with Gasteiger partial charge in [-0.3, -0.25) is 4.79 Å². The number of hydrogen-bond acceptors (Lipinski definition) is 5. The molecule has 0 bridgehead atoms. The predicted octanol–water partition coefficient (Wildman–Crippen LogP) is 2.83. The zero-order valence-electron chi connectivity index (χ0n) is 14.8. The number of para-hydroxylation sites is 1. The summed E-state index contributed by atoms with van der Waals surface area (Å²) in [7, 11) is 2.99. The van der Waals surface area contributed by atoms with Crippen LogP contribution in [0.2, 0.25) is 0 Å². The first kappa shape index (κ1) is 17.5. The molecule has 0 unspecified atom stereocenters. The van der Waals surface area contributed by atoms with E-state index in [2.05, 4.69) is 5.10 Å². The highest BCUT2D eigenvalue weighted by molar-refractivity contribution is 5.97. The molecular weight excluding hydrogens is 334 g/mol. The van der Waals surface area contributed by atoms with E-state index in [1.165, 1.54) is 12.0 Å². The maximum Gasteiger partial charge on any atom is 0.341 e. The van der Waals surface area contributed by atoms with Gasteiger partial charge in [0.15, 0.2) is 0 Å². The summed E-state index contributed by atoms with van der Waals surface area (Å²) in [4.78, 5) is 26.1. The predicted molar refractivity (Wildman–Crippen MR) is 94.1 cm³/mol. The van der Waals surface area contributed by atoms with Crippen LogP contribution in [0.3, 0.4) is 0 Å². The van der Waals surface area contributed by atoms with Gasteiger partial charge in [-0.05, 0) is 31.2 Å². The fourth-order valence-electron chi connectivity index (χ4n) is 2.71. The number of carbonyl (C=O) groups is 2. The van der Waals surface area contributed by atoms with Gasteiger partial charge in [0.05, 0.1) is 24.9 Å². The standard InChI is InChI=1S/C19H19N3O4/c1-13-16(19(24)25-3)11-14(26-13)12-21(2)18(23)15-7-4-5-8-17(15)22-10-6-9-20-22/h4-11H,12H2,1-3H3. The third kappa shape index (κ3) is 3.37. The molecule has 0 fully saturated rings. The molecule has 0 radical (unpaired) electrons. The summed E-state index contributed by atoms with van der Waals surface area (Å²) in [6.45, 7) is 1.91. The molecular formula is C19H19N3O4. The summed E-state index contributed by atoms with van der Waals surface area (Å²) in [5.41, 5.74) is 1.58. The van der Waals surface area contributed by atoms with Gasteiger partial charge in [0, 0.05) is 19.4 Å². The first-order valence-corrected chi connectivity index (χ1v) is 8.03. The fourth-order valence-corrected chi connectivity index (χ4v) is 2.71. The number of aryl methyl sites for hydroxylation is 1. The van der Waals surface area contributed by atoms with E-state index >= 15 is 0 Å². The average Bonchev–Trinajstić information content (AvgIpc) is 3.30. The number of nitrogens with zero attached hydrogens (tertiary/aromatic N) is 3. The first-order chi connectivity index (χ1) is 12.5. The highest BCUT2D eigenvalue weighted by Gasteiger charge is 2.20. The van der Waals surface area contributed by atoms with Crippen LogP contribution in [-0.2, 0) is 11.3 Å². The molecule has 0 atom stereocenters. The molecule has 0 spiro atoms. The lowest BCUT2D eigenvalue weighted by Crippen LogP contribution is -2.27. The number of hydrogen-bond donors (Lipinski definition) is 0. The van der Waals surface area contributed by atoms with Gasteiger partial charge >= 0.3 is 5.97 Å². The van der Waals surface area contributed by atoms with Gasteiger partial charge in [-0.15, -0.1) is 0 Å². The molecule has 0 aliphatic rings. The number of benzene rings is 1. The van der Waals surface area contributed by atoms with Gasteiger partial charge in [0.25, 0.3) is 5.91 Å². The van der Waals surface area contributed by atoms with E-state index in [4.69, 9.17) is 9.15 Å². The van der Waals surface area contributed by atoms with Gasteiger partial charge < -0.3 is 14.1 Å². The van der Waals surface area contributed by atoms with E-state index in [1.807, 2.05) is 12.1 Å². The van der Waals surface area contributed by atoms with E-state index in [0.717, 1.165) is 0 Å². The van der Waals surface area contributed by atoms with E-state index < -0.39 is 5.97 Å². The number of ether oxygens (including phenoxy) is 1. The van der Waals surface area contributed by atoms with Gasteiger partial charge in [-0.2, -0.15) is 5.10 Å². The van der Waals surface area contributed by atoms with Crippen molar-refractivity contribution >= 4 is 11.9 Å². The lowest BCUT2D eigenvalue weighted by Gasteiger charge is -2.18. The first-order valence-electron chi connectivity index (χ1n) is 8.03. The van der Waals surface area contributed by atoms with E-state index in [-0.39, 0.29) is 12.5 Å². The van der Waals surface area contributed by atoms with E-state index in [0.29, 0.717) is 28.3 Å². The van der Waals surface area contributed by atoms with Gasteiger partial charge in [0.1, 0.15) is 17.1 Å². The van der Waals surface area contributed by atoms with Gasteiger partial charge in [-0.1, -0.05) is 12.1 Å². The van der Waals surface area contributed by atoms with Crippen molar-refractivity contribution in [2.24, 2.45) is 0 Å². The van der Waals surface area contributed by atoms with E-state index in [1.54, 1.807) is 55.3 Å². The summed E-state index contributed by atoms with van der Waals surface area (Å²) < 4.78 is 12.0. The topological polar surface area (TPSA) is 77.6 Å². The Kier molecular flexibility index (Phi) is 4.88. The molecule has 3 aromatic rings. The number of aromatic nitrogens is 2. The van der Waals surface area contributed by atoms with Crippen molar-refractivity contribution in [1.29, 1.82) is 0 Å². The third-order valence-electron chi connectivity index (χ3n) is 4.00. The van der Waals surface area contributed by atoms with Gasteiger partial charge in [-0.25, -0.2) is 9.48 Å². The maximum atomic E-state index is 12.9. The molecule has 0 aliphatic heterocycles. The van der Waals surface area contributed by atoms with Crippen molar-refractivity contribution in [1.82, 2.24) is 14.7 Å². The Balaban J connectivity index is 1.82. The molecule has 1 aromatic carbocycles. The van der Waals surface area contributed by atoms with Crippen LogP contribution >= 0.6 is 0 Å². The fraction of sp³-hybridized carbons (Fsp3) is 0.211. The van der Waals surface area contributed by atoms with Crippen molar-refractivity contribution < 1.29 is 18.7 Å². The third-order valence-corrected chi connectivity index (χ3v) is 4.00. The number of furan rings is 1. The zero-order valence-corrected chi connectivity index (χ0v) is 14.8. The Bertz CT molecular complexity index is 928. The number of methoxy groups -OCH3 is 1. The lowest BCUT2D eigenvalue weighted by atomic mass is 10.1. The Morgan fingerprint density at radius 1 is 1.23 bits per heavy atom. The van der Waals surface area contributed by atoms with Crippen molar-refractivity contribution in [2.45, 2.75) is 13.5 Å². The van der Waals surface area contributed by atoms with Crippen LogP contribution in [0.1, 0.15) is 32.2 Å². The molecule has 1 amide bonds. The zero-order chi connectivity index (χ0) is 18.7. The quantitative estimate of drug-likeness (QED) is 0.659. The lowest BCUT2D eigenvalue weighted by molar-refractivity contribution is 0.0598. The largest absolute Gasteiger partial charge is 0.465 e. The van der Waals surface area contributed by atoms with Gasteiger partial charge in [0.2, 0.25) is 0 Å². The molecule has 0 N–H and O–H groups in total. The number of carbonyl (C=O) groups excluding carboxylic acids is 2. The second-order valence-corrected chi connectivity index (χ2v) is 5.80. The van der Waals surface area contributed by atoms with Crippen LogP contribution < -0.4 is 0 Å². The number of rotatable bonds is 5. The summed E-state index contributed by atoms with van der Waals surface area (Å²) in [6, 6.07) is 10.6. The summed E-state index contributed by atoms with van der Waals surface area (Å²) in [5.74, 6) is 0.334. The highest BCUT2D eigenvalue weighted by atomic mass is 16.5. The summed E-state index contributed by atoms with van der Waals surface area (Å²) in [6.07, 6.45) is 3.44. The highest BCUT2D eigenvalue weighted by Crippen LogP contribution is 2.20. The summed E-state index contributed by atoms with van der Waals surface area (Å²) >= 11 is 0. The molecule has 0 saturated heterocycles. The molecule has 0 aliphatic carbocycles. The van der Waals surface area contributed by atoms with Crippen molar-refractivity contribution in [3.63, 3.8) is 0 Å². The van der Waals surface area contributed by atoms with E-state index in [9.17, 15) is 9.59 Å². The second kappa shape index (κ2) is 7.26. The van der Waals surface area contributed by atoms with Crippen LogP contribution in [0.5, 0.6) is 0 Å². The normalized spacial score (nSPS) is 10.6. The number of amides is 1. The maximum absolute atomic E-state index is 12.9.